The van der Waals surface area contributed by atoms with Crippen molar-refractivity contribution in [2.75, 3.05) is 6.54 Å². The first-order chi connectivity index (χ1) is 4.68. The van der Waals surface area contributed by atoms with Gasteiger partial charge >= 0.3 is 5.97 Å². The predicted molar refractivity (Wildman–Crippen MR) is 36.6 cm³/mol. The molecule has 4 N–H and O–H groups in total. The van der Waals surface area contributed by atoms with Gasteiger partial charge in [0, 0.05) is 0 Å². The van der Waals surface area contributed by atoms with Gasteiger partial charge < -0.3 is 11.5 Å². The molecule has 4 nitrogen and oxygen atoms in total. The zero-order valence-electron chi connectivity index (χ0n) is 5.88. The highest BCUT2D eigenvalue weighted by atomic mass is 16.4. The number of unbranched alkanes of at least 4 members (excludes halogenated alkanes) is 1. The highest BCUT2D eigenvalue weighted by Crippen LogP contribution is 1.97. The van der Waals surface area contributed by atoms with E-state index in [4.69, 9.17) is 11.5 Å². The van der Waals surface area contributed by atoms with E-state index in [0.29, 0.717) is 13.0 Å². The molecule has 0 fully saturated rings. The van der Waals surface area contributed by atoms with Crippen LogP contribution in [0.4, 0.5) is 0 Å². The Labute approximate surface area is 60.2 Å². The Hall–Kier alpha value is -0.610. The molecular weight excluding hydrogens is 132 g/mol. The minimum absolute atomic E-state index is 0.458. The summed E-state index contributed by atoms with van der Waals surface area (Å²) in [5, 5.41) is 10.0. The van der Waals surface area contributed by atoms with E-state index in [1.807, 2.05) is 0 Å². The van der Waals surface area contributed by atoms with Crippen LogP contribution in [0.15, 0.2) is 0 Å². The van der Waals surface area contributed by atoms with Crippen molar-refractivity contribution in [1.29, 1.82) is 0 Å². The maximum Gasteiger partial charge on any atom is 0.372 e. The number of nitrogens with two attached hydrogens (primary N) is 2. The van der Waals surface area contributed by atoms with E-state index < -0.39 is 12.0 Å². The molecule has 0 heterocycles. The second-order valence-electron chi connectivity index (χ2n) is 2.21. The molecule has 0 spiro atoms. The molecule has 0 aliphatic rings. The molecule has 0 aromatic rings. The van der Waals surface area contributed by atoms with Gasteiger partial charge in [0.15, 0.2) is 0 Å². The van der Waals surface area contributed by atoms with Crippen LogP contribution in [0.3, 0.4) is 0 Å². The number of hydrogen-bond donors (Lipinski definition) is 2. The smallest absolute Gasteiger partial charge is 0.330 e. The summed E-state index contributed by atoms with van der Waals surface area (Å²) in [6, 6.07) is -0.827. The third-order valence-electron chi connectivity index (χ3n) is 1.27. The quantitative estimate of drug-likeness (QED) is 0.506. The normalized spacial score (nSPS) is 13.0. The molecule has 0 rings (SSSR count). The first kappa shape index (κ1) is 9.39. The van der Waals surface area contributed by atoms with Gasteiger partial charge in [0.05, 0.1) is 0 Å². The molecule has 59 valence electrons. The third-order valence-corrected chi connectivity index (χ3v) is 1.27. The van der Waals surface area contributed by atoms with Crippen molar-refractivity contribution in [3.05, 3.63) is 0 Å². The standard InChI is InChI=1S/C6H13N2O2/c7-4-2-1-3-5(8)6(9)10/h5H,1-4,7-8H2. The highest BCUT2D eigenvalue weighted by molar-refractivity contribution is 5.72. The Bertz CT molecular complexity index is 106. The van der Waals surface area contributed by atoms with Gasteiger partial charge in [-0.15, -0.1) is 0 Å². The maximum atomic E-state index is 10.0. The molecular formula is C6H13N2O2. The topological polar surface area (TPSA) is 89.0 Å². The predicted octanol–water partition coefficient (Wildman–Crippen LogP) is -0.600. The summed E-state index contributed by atoms with van der Waals surface area (Å²) in [5.74, 6) is -1.18. The van der Waals surface area contributed by atoms with E-state index >= 15 is 0 Å². The summed E-state index contributed by atoms with van der Waals surface area (Å²) in [6.45, 7) is 0.583. The number of carbonyl (C=O) groups is 1. The summed E-state index contributed by atoms with van der Waals surface area (Å²) in [5.41, 5.74) is 10.3. The summed E-state index contributed by atoms with van der Waals surface area (Å²) in [6.07, 6.45) is 2.03. The van der Waals surface area contributed by atoms with Crippen LogP contribution in [-0.4, -0.2) is 18.6 Å². The van der Waals surface area contributed by atoms with Crippen LogP contribution in [0.25, 0.3) is 0 Å². The van der Waals surface area contributed by atoms with Crippen LogP contribution in [0, 0.1) is 0 Å². The second kappa shape index (κ2) is 5.20. The largest absolute Gasteiger partial charge is 0.372 e. The molecule has 1 unspecified atom stereocenters. The fourth-order valence-corrected chi connectivity index (χ4v) is 0.626. The zero-order valence-corrected chi connectivity index (χ0v) is 5.88. The molecule has 10 heavy (non-hydrogen) atoms. The van der Waals surface area contributed by atoms with Crippen molar-refractivity contribution in [1.82, 2.24) is 0 Å². The zero-order chi connectivity index (χ0) is 7.98. The molecule has 0 saturated heterocycles. The van der Waals surface area contributed by atoms with Gasteiger partial charge in [-0.2, -0.15) is 0 Å². The summed E-state index contributed by atoms with van der Waals surface area (Å²) in [7, 11) is 0. The molecule has 0 bridgehead atoms. The molecule has 1 atom stereocenters. The monoisotopic (exact) mass is 145 g/mol. The minimum atomic E-state index is -1.18. The van der Waals surface area contributed by atoms with Gasteiger partial charge in [-0.25, -0.2) is 9.90 Å². The lowest BCUT2D eigenvalue weighted by molar-refractivity contribution is -0.144. The maximum absolute atomic E-state index is 10.0. The molecule has 0 saturated carbocycles. The number of rotatable bonds is 5. The summed E-state index contributed by atoms with van der Waals surface area (Å²) in [4.78, 5) is 10.0. The number of carbonyl (C=O) groups excluding carboxylic acids is 1. The van der Waals surface area contributed by atoms with E-state index in [1.165, 1.54) is 0 Å². The molecule has 0 aromatic carbocycles. The fourth-order valence-electron chi connectivity index (χ4n) is 0.626. The average Bonchev–Trinajstić information content (AvgIpc) is 1.88. The molecule has 4 heteroatoms. The van der Waals surface area contributed by atoms with Crippen molar-refractivity contribution in [2.24, 2.45) is 11.5 Å². The van der Waals surface area contributed by atoms with Crippen molar-refractivity contribution in [2.45, 2.75) is 25.3 Å². The van der Waals surface area contributed by atoms with E-state index in [2.05, 4.69) is 0 Å². The lowest BCUT2D eigenvalue weighted by Gasteiger charge is -2.01. The first-order valence-electron chi connectivity index (χ1n) is 3.35. The van der Waals surface area contributed by atoms with Crippen LogP contribution in [0.2, 0.25) is 0 Å². The van der Waals surface area contributed by atoms with E-state index in [-0.39, 0.29) is 0 Å². The first-order valence-corrected chi connectivity index (χ1v) is 3.35. The van der Waals surface area contributed by atoms with Crippen molar-refractivity contribution in [3.63, 3.8) is 0 Å². The Morgan fingerprint density at radius 1 is 1.40 bits per heavy atom. The van der Waals surface area contributed by atoms with Gasteiger partial charge in [0.1, 0.15) is 6.04 Å². The lowest BCUT2D eigenvalue weighted by Crippen LogP contribution is -2.29. The van der Waals surface area contributed by atoms with Crippen molar-refractivity contribution in [3.8, 4) is 0 Å². The van der Waals surface area contributed by atoms with Crippen molar-refractivity contribution < 1.29 is 9.90 Å². The molecule has 0 aliphatic heterocycles. The Kier molecular flexibility index (Phi) is 4.88. The summed E-state index contributed by atoms with van der Waals surface area (Å²) < 4.78 is 0. The van der Waals surface area contributed by atoms with Gasteiger partial charge in [0.2, 0.25) is 0 Å². The summed E-state index contributed by atoms with van der Waals surface area (Å²) >= 11 is 0. The highest BCUT2D eigenvalue weighted by Gasteiger charge is 2.11. The van der Waals surface area contributed by atoms with E-state index in [1.54, 1.807) is 0 Å². The van der Waals surface area contributed by atoms with E-state index in [9.17, 15) is 9.90 Å². The van der Waals surface area contributed by atoms with Crippen LogP contribution >= 0.6 is 0 Å². The van der Waals surface area contributed by atoms with Gasteiger partial charge in [-0.3, -0.25) is 0 Å². The molecule has 0 amide bonds. The Morgan fingerprint density at radius 2 is 2.00 bits per heavy atom. The van der Waals surface area contributed by atoms with Crippen LogP contribution in [0.5, 0.6) is 0 Å². The Balaban J connectivity index is 3.21. The average molecular weight is 145 g/mol. The third kappa shape index (κ3) is 4.29. The lowest BCUT2D eigenvalue weighted by atomic mass is 10.1. The molecule has 1 radical (unpaired) electrons. The SMILES string of the molecule is NCCCCC(N)C([O])=O. The number of hydrogen-bond acceptors (Lipinski definition) is 3. The van der Waals surface area contributed by atoms with Crippen LogP contribution in [-0.2, 0) is 9.90 Å². The minimum Gasteiger partial charge on any atom is -0.330 e. The van der Waals surface area contributed by atoms with Crippen LogP contribution < -0.4 is 11.5 Å². The van der Waals surface area contributed by atoms with E-state index in [0.717, 1.165) is 12.8 Å². The second-order valence-corrected chi connectivity index (χ2v) is 2.21. The Morgan fingerprint density at radius 3 is 2.40 bits per heavy atom. The van der Waals surface area contributed by atoms with Crippen LogP contribution in [0.1, 0.15) is 19.3 Å². The van der Waals surface area contributed by atoms with Crippen molar-refractivity contribution >= 4 is 5.97 Å². The molecule has 0 aromatic heterocycles. The van der Waals surface area contributed by atoms with Gasteiger partial charge in [0.25, 0.3) is 0 Å². The van der Waals surface area contributed by atoms with Gasteiger partial charge in [-0.05, 0) is 19.4 Å². The fraction of sp³-hybridized carbons (Fsp3) is 0.833. The van der Waals surface area contributed by atoms with Gasteiger partial charge in [-0.1, -0.05) is 6.42 Å². The molecule has 0 aliphatic carbocycles.